The first-order valence-electron chi connectivity index (χ1n) is 5.41. The van der Waals surface area contributed by atoms with E-state index >= 15 is 0 Å². The fourth-order valence-corrected chi connectivity index (χ4v) is 2.18. The average molecular weight is 225 g/mol. The zero-order valence-corrected chi connectivity index (χ0v) is 9.72. The third kappa shape index (κ3) is 2.44. The molecular weight excluding hydrogens is 208 g/mol. The van der Waals surface area contributed by atoms with Gasteiger partial charge >= 0.3 is 0 Å². The summed E-state index contributed by atoms with van der Waals surface area (Å²) >= 11 is 6.04. The minimum atomic E-state index is 0.428. The lowest BCUT2D eigenvalue weighted by Gasteiger charge is -2.32. The topological polar surface area (TPSA) is 38.0 Å². The smallest absolute Gasteiger partial charge is 0.0455 e. The van der Waals surface area contributed by atoms with E-state index in [1.807, 2.05) is 19.1 Å². The molecule has 15 heavy (non-hydrogen) atoms. The van der Waals surface area contributed by atoms with Gasteiger partial charge in [-0.3, -0.25) is 0 Å². The number of nitrogens with one attached hydrogen (secondary N) is 1. The Morgan fingerprint density at radius 1 is 1.47 bits per heavy atom. The van der Waals surface area contributed by atoms with Crippen LogP contribution in [0.15, 0.2) is 18.2 Å². The molecule has 2 nitrogen and oxygen atoms in total. The molecule has 1 fully saturated rings. The van der Waals surface area contributed by atoms with Crippen LogP contribution in [-0.2, 0) is 0 Å². The Hall–Kier alpha value is -0.730. The molecule has 0 aliphatic heterocycles. The Balaban J connectivity index is 1.91. The summed E-state index contributed by atoms with van der Waals surface area (Å²) in [6.07, 6.45) is 2.29. The van der Waals surface area contributed by atoms with Gasteiger partial charge in [0.15, 0.2) is 0 Å². The molecule has 0 spiro atoms. The van der Waals surface area contributed by atoms with Gasteiger partial charge in [-0.2, -0.15) is 0 Å². The Morgan fingerprint density at radius 3 is 2.87 bits per heavy atom. The Kier molecular flexibility index (Phi) is 3.17. The fraction of sp³-hybridized carbons (Fsp3) is 0.500. The molecule has 0 unspecified atom stereocenters. The van der Waals surface area contributed by atoms with Crippen LogP contribution in [0.25, 0.3) is 0 Å². The zero-order chi connectivity index (χ0) is 10.8. The molecule has 1 saturated carbocycles. The van der Waals surface area contributed by atoms with Crippen molar-refractivity contribution in [2.75, 3.05) is 11.9 Å². The van der Waals surface area contributed by atoms with Crippen molar-refractivity contribution in [2.24, 2.45) is 11.7 Å². The molecular formula is C12H17ClN2. The van der Waals surface area contributed by atoms with E-state index in [2.05, 4.69) is 11.4 Å². The highest BCUT2D eigenvalue weighted by Crippen LogP contribution is 2.27. The fourth-order valence-electron chi connectivity index (χ4n) is 2.01. The molecule has 1 aromatic rings. The monoisotopic (exact) mass is 224 g/mol. The normalized spacial score (nSPS) is 24.7. The van der Waals surface area contributed by atoms with Crippen LogP contribution in [0.3, 0.4) is 0 Å². The zero-order valence-electron chi connectivity index (χ0n) is 8.96. The summed E-state index contributed by atoms with van der Waals surface area (Å²) in [5.41, 5.74) is 8.01. The molecule has 3 N–H and O–H groups in total. The van der Waals surface area contributed by atoms with Gasteiger partial charge in [0.25, 0.3) is 0 Å². The van der Waals surface area contributed by atoms with Crippen LogP contribution in [0.2, 0.25) is 5.02 Å². The third-order valence-electron chi connectivity index (χ3n) is 3.12. The summed E-state index contributed by atoms with van der Waals surface area (Å²) in [6, 6.07) is 6.39. The summed E-state index contributed by atoms with van der Waals surface area (Å²) in [7, 11) is 0. The van der Waals surface area contributed by atoms with Crippen LogP contribution in [-0.4, -0.2) is 12.6 Å². The molecule has 0 amide bonds. The lowest BCUT2D eigenvalue weighted by Crippen LogP contribution is -2.39. The molecule has 0 bridgehead atoms. The van der Waals surface area contributed by atoms with Gasteiger partial charge in [0, 0.05) is 23.3 Å². The molecule has 0 atom stereocenters. The average Bonchev–Trinajstić information content (AvgIpc) is 2.17. The molecule has 3 heteroatoms. The van der Waals surface area contributed by atoms with Gasteiger partial charge < -0.3 is 11.1 Å². The number of anilines is 1. The molecule has 1 aliphatic rings. The van der Waals surface area contributed by atoms with Crippen molar-refractivity contribution in [3.05, 3.63) is 28.8 Å². The first-order chi connectivity index (χ1) is 7.16. The van der Waals surface area contributed by atoms with E-state index in [9.17, 15) is 0 Å². The quantitative estimate of drug-likeness (QED) is 0.829. The summed E-state index contributed by atoms with van der Waals surface area (Å²) < 4.78 is 0. The number of hydrogen-bond donors (Lipinski definition) is 2. The van der Waals surface area contributed by atoms with Crippen LogP contribution in [0, 0.1) is 12.8 Å². The SMILES string of the molecule is Cc1c(Cl)cccc1NCC1CC(N)C1. The molecule has 2 rings (SSSR count). The van der Waals surface area contributed by atoms with E-state index in [-0.39, 0.29) is 0 Å². The summed E-state index contributed by atoms with van der Waals surface area (Å²) in [5.74, 6) is 0.735. The number of halogens is 1. The molecule has 0 aromatic heterocycles. The molecule has 82 valence electrons. The van der Waals surface area contributed by atoms with E-state index in [1.54, 1.807) is 0 Å². The van der Waals surface area contributed by atoms with E-state index in [0.29, 0.717) is 6.04 Å². The van der Waals surface area contributed by atoms with Crippen molar-refractivity contribution in [3.8, 4) is 0 Å². The van der Waals surface area contributed by atoms with Gasteiger partial charge in [-0.25, -0.2) is 0 Å². The van der Waals surface area contributed by atoms with Gasteiger partial charge in [0.2, 0.25) is 0 Å². The predicted molar refractivity (Wildman–Crippen MR) is 65.4 cm³/mol. The standard InChI is InChI=1S/C12H17ClN2/c1-8-11(13)3-2-4-12(8)15-7-9-5-10(14)6-9/h2-4,9-10,15H,5-7,14H2,1H3. The number of benzene rings is 1. The third-order valence-corrected chi connectivity index (χ3v) is 3.53. The lowest BCUT2D eigenvalue weighted by atomic mass is 9.81. The highest BCUT2D eigenvalue weighted by molar-refractivity contribution is 6.31. The van der Waals surface area contributed by atoms with E-state index < -0.39 is 0 Å². The van der Waals surface area contributed by atoms with Crippen LogP contribution in [0.4, 0.5) is 5.69 Å². The van der Waals surface area contributed by atoms with Crippen molar-refractivity contribution < 1.29 is 0 Å². The van der Waals surface area contributed by atoms with Crippen molar-refractivity contribution in [3.63, 3.8) is 0 Å². The number of nitrogens with two attached hydrogens (primary N) is 1. The minimum Gasteiger partial charge on any atom is -0.385 e. The van der Waals surface area contributed by atoms with Crippen LogP contribution >= 0.6 is 11.6 Å². The maximum Gasteiger partial charge on any atom is 0.0455 e. The van der Waals surface area contributed by atoms with E-state index in [1.165, 1.54) is 0 Å². The van der Waals surface area contributed by atoms with Crippen molar-refractivity contribution >= 4 is 17.3 Å². The largest absolute Gasteiger partial charge is 0.385 e. The Morgan fingerprint density at radius 2 is 2.20 bits per heavy atom. The van der Waals surface area contributed by atoms with Crippen LogP contribution in [0.1, 0.15) is 18.4 Å². The highest BCUT2D eigenvalue weighted by atomic mass is 35.5. The second-order valence-electron chi connectivity index (χ2n) is 4.39. The van der Waals surface area contributed by atoms with Gasteiger partial charge in [0.05, 0.1) is 0 Å². The van der Waals surface area contributed by atoms with Crippen LogP contribution in [0.5, 0.6) is 0 Å². The van der Waals surface area contributed by atoms with Gasteiger partial charge in [-0.1, -0.05) is 17.7 Å². The maximum absolute atomic E-state index is 6.04. The number of rotatable bonds is 3. The number of hydrogen-bond acceptors (Lipinski definition) is 2. The van der Waals surface area contributed by atoms with Crippen molar-refractivity contribution in [1.82, 2.24) is 0 Å². The van der Waals surface area contributed by atoms with Crippen molar-refractivity contribution in [1.29, 1.82) is 0 Å². The van der Waals surface area contributed by atoms with E-state index in [0.717, 1.165) is 41.6 Å². The second kappa shape index (κ2) is 4.42. The predicted octanol–water partition coefficient (Wildman–Crippen LogP) is 2.80. The highest BCUT2D eigenvalue weighted by Gasteiger charge is 2.25. The van der Waals surface area contributed by atoms with Gasteiger partial charge in [-0.15, -0.1) is 0 Å². The molecule has 1 aromatic carbocycles. The van der Waals surface area contributed by atoms with Gasteiger partial charge in [-0.05, 0) is 43.4 Å². The lowest BCUT2D eigenvalue weighted by molar-refractivity contribution is 0.280. The molecule has 0 radical (unpaired) electrons. The van der Waals surface area contributed by atoms with E-state index in [4.69, 9.17) is 17.3 Å². The van der Waals surface area contributed by atoms with Gasteiger partial charge in [0.1, 0.15) is 0 Å². The first-order valence-corrected chi connectivity index (χ1v) is 5.79. The summed E-state index contributed by atoms with van der Waals surface area (Å²) in [6.45, 7) is 3.05. The molecule has 1 aliphatic carbocycles. The summed E-state index contributed by atoms with van der Waals surface area (Å²) in [4.78, 5) is 0. The van der Waals surface area contributed by atoms with Crippen LogP contribution < -0.4 is 11.1 Å². The van der Waals surface area contributed by atoms with Crippen molar-refractivity contribution in [2.45, 2.75) is 25.8 Å². The summed E-state index contributed by atoms with van der Waals surface area (Å²) in [5, 5.41) is 4.26. The second-order valence-corrected chi connectivity index (χ2v) is 4.80. The Labute approximate surface area is 95.8 Å². The maximum atomic E-state index is 6.04. The molecule has 0 saturated heterocycles. The Bertz CT molecular complexity index is 345. The molecule has 0 heterocycles. The minimum absolute atomic E-state index is 0.428. The first kappa shape index (κ1) is 10.8.